The monoisotopic (exact) mass is 487 g/mol. The second-order valence-corrected chi connectivity index (χ2v) is 10.2. The minimum atomic E-state index is -1.55. The zero-order valence-corrected chi connectivity index (χ0v) is 21.9. The molecule has 6 nitrogen and oxygen atoms in total. The largest absolute Gasteiger partial charge is 0.367 e. The van der Waals surface area contributed by atoms with E-state index in [1.54, 1.807) is 6.08 Å². The molecule has 34 heavy (non-hydrogen) atoms. The molecule has 0 aromatic carbocycles. The number of amides is 1. The van der Waals surface area contributed by atoms with Crippen LogP contribution in [0.2, 0.25) is 0 Å². The fourth-order valence-electron chi connectivity index (χ4n) is 3.16. The minimum Gasteiger partial charge on any atom is -0.367 e. The van der Waals surface area contributed by atoms with Crippen molar-refractivity contribution in [1.82, 2.24) is 10.2 Å². The van der Waals surface area contributed by atoms with Gasteiger partial charge in [-0.3, -0.25) is 9.79 Å². The van der Waals surface area contributed by atoms with Gasteiger partial charge in [-0.25, -0.2) is 0 Å². The number of thioether (sulfide) groups is 1. The van der Waals surface area contributed by atoms with E-state index in [0.717, 1.165) is 24.6 Å². The van der Waals surface area contributed by atoms with Crippen LogP contribution in [0.25, 0.3) is 0 Å². The van der Waals surface area contributed by atoms with E-state index in [1.807, 2.05) is 30.6 Å². The summed E-state index contributed by atoms with van der Waals surface area (Å²) in [5, 5.41) is 23.2. The van der Waals surface area contributed by atoms with E-state index < -0.39 is 6.29 Å². The molecule has 0 fully saturated rings. The first-order chi connectivity index (χ1) is 16.1. The van der Waals surface area contributed by atoms with Crippen molar-refractivity contribution in [2.24, 2.45) is 10.4 Å². The molecule has 1 aliphatic carbocycles. The number of hydrogen-bond donors (Lipinski definition) is 3. The number of aliphatic imine (C=N–C) groups is 1. The minimum absolute atomic E-state index is 0.0804. The lowest BCUT2D eigenvalue weighted by Crippen LogP contribution is -2.34. The summed E-state index contributed by atoms with van der Waals surface area (Å²) in [6.45, 7) is 18.3. The number of carbonyl (C=O) groups is 1. The maximum absolute atomic E-state index is 12.2. The highest BCUT2D eigenvalue weighted by atomic mass is 32.2. The Balaban J connectivity index is 3.07. The van der Waals surface area contributed by atoms with Crippen LogP contribution in [0.3, 0.4) is 0 Å². The van der Waals surface area contributed by atoms with Crippen LogP contribution in [-0.2, 0) is 4.79 Å². The number of nitrogens with zero attached hydrogens (tertiary/aromatic N) is 2. The van der Waals surface area contributed by atoms with Crippen molar-refractivity contribution in [1.29, 1.82) is 0 Å². The molecular formula is C27H41N3O3S. The fourth-order valence-corrected chi connectivity index (χ4v) is 3.75. The van der Waals surface area contributed by atoms with Gasteiger partial charge in [0.1, 0.15) is 0 Å². The molecule has 0 aliphatic heterocycles. The van der Waals surface area contributed by atoms with Crippen molar-refractivity contribution in [3.63, 3.8) is 0 Å². The predicted molar refractivity (Wildman–Crippen MR) is 145 cm³/mol. The summed E-state index contributed by atoms with van der Waals surface area (Å²) in [5.41, 5.74) is 3.17. The van der Waals surface area contributed by atoms with E-state index >= 15 is 0 Å². The van der Waals surface area contributed by atoms with Crippen LogP contribution in [-0.4, -0.2) is 58.7 Å². The molecule has 188 valence electrons. The van der Waals surface area contributed by atoms with Crippen LogP contribution in [0.4, 0.5) is 0 Å². The Bertz CT molecular complexity index is 846. The van der Waals surface area contributed by atoms with Crippen LogP contribution < -0.4 is 5.32 Å². The van der Waals surface area contributed by atoms with E-state index in [2.05, 4.69) is 56.3 Å². The molecule has 1 amide bonds. The fraction of sp³-hybridized carbons (Fsp3) is 0.481. The Hall–Kier alpha value is -2.35. The molecular weight excluding hydrogens is 446 g/mol. The number of allylic oxidation sites excluding steroid dienone is 6. The van der Waals surface area contributed by atoms with Gasteiger partial charge in [-0.15, -0.1) is 0 Å². The second kappa shape index (κ2) is 15.5. The van der Waals surface area contributed by atoms with Crippen LogP contribution in [0.5, 0.6) is 0 Å². The number of aliphatic hydroxyl groups is 2. The highest BCUT2D eigenvalue weighted by Gasteiger charge is 2.19. The standard InChI is InChI=1S/C27H41N3O3S/c1-7-10-11-21(8-2)16-17-30(26(34-9-3)29-20-27(4,5)6)19-22-12-14-23(15-13-22)25(33)28-18-24(31)32/h7-12,14,24,31-32H,1,3,13,15-20H2,2,4-6H3,(H,28,33)/b11-10-,21-8+,29-26?. The van der Waals surface area contributed by atoms with Gasteiger partial charge >= 0.3 is 0 Å². The van der Waals surface area contributed by atoms with E-state index in [9.17, 15) is 4.79 Å². The SMILES string of the molecule is C=C/C=C\C(=C/C)CCN(CC1=CC=C(C(=O)NCC(O)O)CC1)C(=NCC(C)(C)C)SC=C. The van der Waals surface area contributed by atoms with Crippen LogP contribution in [0.15, 0.2) is 76.7 Å². The highest BCUT2D eigenvalue weighted by Crippen LogP contribution is 2.23. The third-order valence-electron chi connectivity index (χ3n) is 5.00. The molecule has 0 saturated heterocycles. The van der Waals surface area contributed by atoms with Crippen molar-refractivity contribution in [2.75, 3.05) is 26.2 Å². The van der Waals surface area contributed by atoms with Crippen molar-refractivity contribution in [3.05, 3.63) is 71.7 Å². The van der Waals surface area contributed by atoms with Gasteiger partial charge in [0, 0.05) is 25.2 Å². The Morgan fingerprint density at radius 3 is 2.56 bits per heavy atom. The summed E-state index contributed by atoms with van der Waals surface area (Å²) in [6, 6.07) is 0. The predicted octanol–water partition coefficient (Wildman–Crippen LogP) is 4.72. The van der Waals surface area contributed by atoms with Gasteiger partial charge in [0.25, 0.3) is 0 Å². The smallest absolute Gasteiger partial charge is 0.247 e. The summed E-state index contributed by atoms with van der Waals surface area (Å²) in [7, 11) is 0. The van der Waals surface area contributed by atoms with Gasteiger partial charge in [0.2, 0.25) is 5.91 Å². The van der Waals surface area contributed by atoms with E-state index in [0.29, 0.717) is 25.1 Å². The number of rotatable bonds is 12. The molecule has 0 radical (unpaired) electrons. The Morgan fingerprint density at radius 1 is 1.29 bits per heavy atom. The lowest BCUT2D eigenvalue weighted by molar-refractivity contribution is -0.120. The van der Waals surface area contributed by atoms with Crippen molar-refractivity contribution >= 4 is 22.8 Å². The molecule has 0 saturated carbocycles. The molecule has 0 atom stereocenters. The third kappa shape index (κ3) is 12.2. The molecule has 0 aromatic heterocycles. The summed E-state index contributed by atoms with van der Waals surface area (Å²) in [4.78, 5) is 19.4. The molecule has 0 unspecified atom stereocenters. The number of nitrogens with one attached hydrogen (secondary N) is 1. The molecule has 7 heteroatoms. The first-order valence-electron chi connectivity index (χ1n) is 11.6. The lowest BCUT2D eigenvalue weighted by atomic mass is 9.97. The number of aliphatic hydroxyl groups excluding tert-OH is 1. The average molecular weight is 488 g/mol. The van der Waals surface area contributed by atoms with Crippen LogP contribution in [0, 0.1) is 5.41 Å². The zero-order chi connectivity index (χ0) is 25.6. The lowest BCUT2D eigenvalue weighted by Gasteiger charge is -2.28. The topological polar surface area (TPSA) is 85.2 Å². The molecule has 0 bridgehead atoms. The maximum atomic E-state index is 12.2. The molecule has 1 rings (SSSR count). The first kappa shape index (κ1) is 29.7. The molecule has 0 spiro atoms. The van der Waals surface area contributed by atoms with Crippen LogP contribution >= 0.6 is 11.8 Å². The highest BCUT2D eigenvalue weighted by molar-refractivity contribution is 8.16. The third-order valence-corrected chi connectivity index (χ3v) is 5.77. The summed E-state index contributed by atoms with van der Waals surface area (Å²) < 4.78 is 0. The van der Waals surface area contributed by atoms with Crippen molar-refractivity contribution in [2.45, 2.75) is 53.2 Å². The van der Waals surface area contributed by atoms with Crippen molar-refractivity contribution in [3.8, 4) is 0 Å². The van der Waals surface area contributed by atoms with Gasteiger partial charge in [-0.1, -0.05) is 93.3 Å². The summed E-state index contributed by atoms with van der Waals surface area (Å²) >= 11 is 1.54. The number of hydrogen-bond acceptors (Lipinski definition) is 5. The van der Waals surface area contributed by atoms with Gasteiger partial charge in [-0.2, -0.15) is 0 Å². The van der Waals surface area contributed by atoms with Gasteiger partial charge in [0.15, 0.2) is 11.5 Å². The molecule has 0 heterocycles. The summed E-state index contributed by atoms with van der Waals surface area (Å²) in [6.07, 6.45) is 12.4. The molecule has 3 N–H and O–H groups in total. The van der Waals surface area contributed by atoms with Crippen LogP contribution in [0.1, 0.15) is 47.0 Å². The summed E-state index contributed by atoms with van der Waals surface area (Å²) in [5.74, 6) is -0.262. The average Bonchev–Trinajstić information content (AvgIpc) is 2.79. The van der Waals surface area contributed by atoms with Gasteiger partial charge in [-0.05, 0) is 37.0 Å². The first-order valence-corrected chi connectivity index (χ1v) is 12.5. The van der Waals surface area contributed by atoms with Crippen molar-refractivity contribution < 1.29 is 15.0 Å². The van der Waals surface area contributed by atoms with E-state index in [1.165, 1.54) is 22.9 Å². The number of amidine groups is 1. The Kier molecular flexibility index (Phi) is 13.6. The van der Waals surface area contributed by atoms with Gasteiger partial charge in [0.05, 0.1) is 6.54 Å². The molecule has 0 aromatic rings. The Labute approximate surface area is 209 Å². The Morgan fingerprint density at radius 2 is 2.03 bits per heavy atom. The number of carbonyl (C=O) groups excluding carboxylic acids is 1. The van der Waals surface area contributed by atoms with E-state index in [4.69, 9.17) is 15.2 Å². The quantitative estimate of drug-likeness (QED) is 0.161. The normalized spacial score (nSPS) is 15.3. The second-order valence-electron chi connectivity index (χ2n) is 9.28. The molecule has 1 aliphatic rings. The van der Waals surface area contributed by atoms with Gasteiger partial charge < -0.3 is 20.4 Å². The zero-order valence-electron chi connectivity index (χ0n) is 21.1. The maximum Gasteiger partial charge on any atom is 0.247 e. The van der Waals surface area contributed by atoms with E-state index in [-0.39, 0.29) is 17.9 Å².